The van der Waals surface area contributed by atoms with Crippen LogP contribution >= 0.6 is 0 Å². The number of hydrogen-bond donors (Lipinski definition) is 1. The Balaban J connectivity index is 2.45. The molecule has 0 bridgehead atoms. The van der Waals surface area contributed by atoms with Gasteiger partial charge in [0.05, 0.1) is 11.9 Å². The van der Waals surface area contributed by atoms with E-state index in [4.69, 9.17) is 4.74 Å². The first-order valence-electron chi connectivity index (χ1n) is 5.40. The van der Waals surface area contributed by atoms with Crippen LogP contribution < -0.4 is 10.1 Å². The zero-order chi connectivity index (χ0) is 12.0. The fraction of sp³-hybridized carbons (Fsp3) is 0.583. The Labute approximate surface area is 96.0 Å². The highest BCUT2D eigenvalue weighted by molar-refractivity contribution is 5.19. The van der Waals surface area contributed by atoms with E-state index in [9.17, 15) is 4.39 Å². The molecule has 1 N–H and O–H groups in total. The summed E-state index contributed by atoms with van der Waals surface area (Å²) in [4.78, 5) is 4.22. The predicted octanol–water partition coefficient (Wildman–Crippen LogP) is 2.32. The topological polar surface area (TPSA) is 34.1 Å². The first kappa shape index (κ1) is 12.9. The lowest BCUT2D eigenvalue weighted by atomic mass is 10.1. The molecule has 16 heavy (non-hydrogen) atoms. The standard InChI is InChI=1S/C12H19FN2O/c1-12(2,3)15-8-10-4-5-11(9-14-10)16-7-6-13/h4-5,9,15H,6-8H2,1-3H3. The van der Waals surface area contributed by atoms with E-state index in [-0.39, 0.29) is 12.1 Å². The van der Waals surface area contributed by atoms with Crippen molar-refractivity contribution < 1.29 is 9.13 Å². The molecule has 0 aliphatic carbocycles. The van der Waals surface area contributed by atoms with Crippen LogP contribution in [0.3, 0.4) is 0 Å². The lowest BCUT2D eigenvalue weighted by Crippen LogP contribution is -2.35. The van der Waals surface area contributed by atoms with E-state index in [2.05, 4.69) is 31.1 Å². The molecule has 0 atom stereocenters. The second-order valence-corrected chi connectivity index (χ2v) is 4.63. The molecule has 0 aliphatic rings. The number of pyridine rings is 1. The normalized spacial score (nSPS) is 11.5. The average Bonchev–Trinajstić information content (AvgIpc) is 2.24. The number of nitrogens with one attached hydrogen (secondary N) is 1. The average molecular weight is 226 g/mol. The van der Waals surface area contributed by atoms with Crippen molar-refractivity contribution >= 4 is 0 Å². The van der Waals surface area contributed by atoms with Gasteiger partial charge in [-0.25, -0.2) is 4.39 Å². The van der Waals surface area contributed by atoms with Crippen molar-refractivity contribution in [3.63, 3.8) is 0 Å². The maximum absolute atomic E-state index is 11.9. The van der Waals surface area contributed by atoms with Crippen molar-refractivity contribution in [3.8, 4) is 5.75 Å². The highest BCUT2D eigenvalue weighted by Crippen LogP contribution is 2.09. The molecule has 90 valence electrons. The summed E-state index contributed by atoms with van der Waals surface area (Å²) in [5.41, 5.74) is 1.02. The molecular formula is C12H19FN2O. The van der Waals surface area contributed by atoms with Crippen molar-refractivity contribution in [1.29, 1.82) is 0 Å². The van der Waals surface area contributed by atoms with Crippen LogP contribution in [0.2, 0.25) is 0 Å². The van der Waals surface area contributed by atoms with Gasteiger partial charge in [0.15, 0.2) is 0 Å². The summed E-state index contributed by atoms with van der Waals surface area (Å²) >= 11 is 0. The van der Waals surface area contributed by atoms with E-state index < -0.39 is 6.67 Å². The van der Waals surface area contributed by atoms with Crippen LogP contribution in [0.4, 0.5) is 4.39 Å². The molecule has 0 saturated heterocycles. The second-order valence-electron chi connectivity index (χ2n) is 4.63. The van der Waals surface area contributed by atoms with Crippen molar-refractivity contribution in [2.24, 2.45) is 0 Å². The van der Waals surface area contributed by atoms with Gasteiger partial charge in [0, 0.05) is 12.1 Å². The van der Waals surface area contributed by atoms with Crippen LogP contribution in [-0.2, 0) is 6.54 Å². The molecule has 0 unspecified atom stereocenters. The first-order valence-corrected chi connectivity index (χ1v) is 5.40. The third kappa shape index (κ3) is 5.07. The van der Waals surface area contributed by atoms with Crippen LogP contribution in [-0.4, -0.2) is 23.8 Å². The zero-order valence-corrected chi connectivity index (χ0v) is 10.1. The summed E-state index contributed by atoms with van der Waals surface area (Å²) < 4.78 is 17.0. The minimum absolute atomic E-state index is 0.0745. The summed E-state index contributed by atoms with van der Waals surface area (Å²) in [6.45, 7) is 6.63. The fourth-order valence-corrected chi connectivity index (χ4v) is 1.11. The van der Waals surface area contributed by atoms with E-state index in [1.54, 1.807) is 6.20 Å². The monoisotopic (exact) mass is 226 g/mol. The molecule has 1 heterocycles. The van der Waals surface area contributed by atoms with Crippen LogP contribution in [0.25, 0.3) is 0 Å². The molecule has 0 spiro atoms. The molecule has 3 nitrogen and oxygen atoms in total. The lowest BCUT2D eigenvalue weighted by Gasteiger charge is -2.20. The summed E-state index contributed by atoms with van der Waals surface area (Å²) in [5.74, 6) is 0.608. The van der Waals surface area contributed by atoms with E-state index in [0.717, 1.165) is 5.69 Å². The molecule has 0 fully saturated rings. The summed E-state index contributed by atoms with van der Waals surface area (Å²) in [6.07, 6.45) is 1.62. The molecular weight excluding hydrogens is 207 g/mol. The van der Waals surface area contributed by atoms with Crippen molar-refractivity contribution in [2.75, 3.05) is 13.3 Å². The fourth-order valence-electron chi connectivity index (χ4n) is 1.11. The van der Waals surface area contributed by atoms with Gasteiger partial charge in [0.1, 0.15) is 19.0 Å². The summed E-state index contributed by atoms with van der Waals surface area (Å²) in [6, 6.07) is 3.69. The van der Waals surface area contributed by atoms with Gasteiger partial charge in [-0.2, -0.15) is 0 Å². The highest BCUT2D eigenvalue weighted by atomic mass is 19.1. The summed E-state index contributed by atoms with van der Waals surface area (Å²) in [7, 11) is 0. The molecule has 0 aromatic carbocycles. The minimum Gasteiger partial charge on any atom is -0.489 e. The van der Waals surface area contributed by atoms with Gasteiger partial charge < -0.3 is 10.1 Å². The highest BCUT2D eigenvalue weighted by Gasteiger charge is 2.08. The Morgan fingerprint density at radius 2 is 2.12 bits per heavy atom. The number of halogens is 1. The van der Waals surface area contributed by atoms with E-state index in [0.29, 0.717) is 12.3 Å². The van der Waals surface area contributed by atoms with E-state index >= 15 is 0 Å². The smallest absolute Gasteiger partial charge is 0.137 e. The third-order valence-electron chi connectivity index (χ3n) is 1.94. The van der Waals surface area contributed by atoms with Gasteiger partial charge >= 0.3 is 0 Å². The van der Waals surface area contributed by atoms with Gasteiger partial charge in [-0.3, -0.25) is 4.98 Å². The van der Waals surface area contributed by atoms with Gasteiger partial charge in [-0.1, -0.05) is 0 Å². The van der Waals surface area contributed by atoms with Gasteiger partial charge in [0.2, 0.25) is 0 Å². The van der Waals surface area contributed by atoms with Crippen molar-refractivity contribution in [3.05, 3.63) is 24.0 Å². The predicted molar refractivity (Wildman–Crippen MR) is 62.3 cm³/mol. The quantitative estimate of drug-likeness (QED) is 0.836. The van der Waals surface area contributed by atoms with Crippen molar-refractivity contribution in [1.82, 2.24) is 10.3 Å². The Hall–Kier alpha value is -1.16. The molecule has 0 aliphatic heterocycles. The molecule has 0 amide bonds. The first-order chi connectivity index (χ1) is 7.51. The molecule has 1 aromatic heterocycles. The maximum Gasteiger partial charge on any atom is 0.137 e. The lowest BCUT2D eigenvalue weighted by molar-refractivity contribution is 0.272. The number of nitrogens with zero attached hydrogens (tertiary/aromatic N) is 1. The molecule has 0 radical (unpaired) electrons. The minimum atomic E-state index is -0.479. The Morgan fingerprint density at radius 3 is 2.62 bits per heavy atom. The van der Waals surface area contributed by atoms with Gasteiger partial charge in [-0.15, -0.1) is 0 Å². The number of hydrogen-bond acceptors (Lipinski definition) is 3. The maximum atomic E-state index is 11.9. The van der Waals surface area contributed by atoms with Crippen molar-refractivity contribution in [2.45, 2.75) is 32.9 Å². The van der Waals surface area contributed by atoms with E-state index in [1.807, 2.05) is 12.1 Å². The zero-order valence-electron chi connectivity index (χ0n) is 10.1. The number of rotatable bonds is 5. The SMILES string of the molecule is CC(C)(C)NCc1ccc(OCCF)cn1. The van der Waals surface area contributed by atoms with E-state index in [1.165, 1.54) is 0 Å². The summed E-state index contributed by atoms with van der Waals surface area (Å²) in [5, 5.41) is 3.34. The Bertz CT molecular complexity index is 306. The molecule has 0 saturated carbocycles. The third-order valence-corrected chi connectivity index (χ3v) is 1.94. The Morgan fingerprint density at radius 1 is 1.38 bits per heavy atom. The number of alkyl halides is 1. The number of ether oxygens (including phenoxy) is 1. The van der Waals surface area contributed by atoms with Gasteiger partial charge in [0.25, 0.3) is 0 Å². The molecule has 1 rings (SSSR count). The largest absolute Gasteiger partial charge is 0.489 e. The molecule has 4 heteroatoms. The Kier molecular flexibility index (Phi) is 4.68. The number of aromatic nitrogens is 1. The van der Waals surface area contributed by atoms with Crippen LogP contribution in [0.5, 0.6) is 5.75 Å². The van der Waals surface area contributed by atoms with Gasteiger partial charge in [-0.05, 0) is 32.9 Å². The van der Waals surface area contributed by atoms with Crippen LogP contribution in [0.1, 0.15) is 26.5 Å². The van der Waals surface area contributed by atoms with Crippen LogP contribution in [0.15, 0.2) is 18.3 Å². The second kappa shape index (κ2) is 5.80. The van der Waals surface area contributed by atoms with Crippen LogP contribution in [0, 0.1) is 0 Å². The molecule has 1 aromatic rings.